The van der Waals surface area contributed by atoms with E-state index < -0.39 is 11.7 Å². The van der Waals surface area contributed by atoms with E-state index in [0.29, 0.717) is 11.1 Å². The zero-order valence-electron chi connectivity index (χ0n) is 16.1. The van der Waals surface area contributed by atoms with E-state index in [9.17, 15) is 18.0 Å². The third kappa shape index (κ3) is 5.10. The maximum absolute atomic E-state index is 12.9. The quantitative estimate of drug-likeness (QED) is 0.286. The van der Waals surface area contributed by atoms with Gasteiger partial charge in [0.25, 0.3) is 5.91 Å². The van der Waals surface area contributed by atoms with Gasteiger partial charge in [-0.05, 0) is 80.3 Å². The Morgan fingerprint density at radius 2 is 1.73 bits per heavy atom. The first-order valence-electron chi connectivity index (χ1n) is 9.04. The number of hydrogen-bond donors (Lipinski definition) is 1. The zero-order valence-corrected chi connectivity index (χ0v) is 19.1. The van der Waals surface area contributed by atoms with Crippen LogP contribution in [0.4, 0.5) is 13.2 Å². The van der Waals surface area contributed by atoms with Crippen molar-refractivity contribution in [3.05, 3.63) is 71.3 Å². The van der Waals surface area contributed by atoms with Crippen molar-refractivity contribution in [1.29, 1.82) is 0 Å². The molecule has 0 saturated heterocycles. The van der Waals surface area contributed by atoms with Gasteiger partial charge >= 0.3 is 6.18 Å². The van der Waals surface area contributed by atoms with Gasteiger partial charge in [-0.15, -0.1) is 0 Å². The van der Waals surface area contributed by atoms with Crippen LogP contribution in [-0.4, -0.2) is 11.9 Å². The minimum absolute atomic E-state index is 0.00126. The van der Waals surface area contributed by atoms with Gasteiger partial charge in [-0.25, -0.2) is 0 Å². The van der Waals surface area contributed by atoms with Gasteiger partial charge in [0, 0.05) is 38.4 Å². The SMILES string of the molecule is CC(C)NC(=O)c1ccc2c(-c3ccc(C(F)(F)F)cc3)ccc(C#CSI)c2c1. The average Bonchev–Trinajstić information content (AvgIpc) is 2.70. The smallest absolute Gasteiger partial charge is 0.350 e. The molecule has 0 saturated carbocycles. The summed E-state index contributed by atoms with van der Waals surface area (Å²) in [4.78, 5) is 12.5. The lowest BCUT2D eigenvalue weighted by Crippen LogP contribution is -2.30. The molecule has 0 aliphatic carbocycles. The molecule has 0 spiro atoms. The van der Waals surface area contributed by atoms with E-state index in [2.05, 4.69) is 37.7 Å². The summed E-state index contributed by atoms with van der Waals surface area (Å²) in [6, 6.07) is 14.1. The minimum Gasteiger partial charge on any atom is -0.350 e. The van der Waals surface area contributed by atoms with Gasteiger partial charge in [0.2, 0.25) is 0 Å². The molecule has 0 fully saturated rings. The van der Waals surface area contributed by atoms with Crippen LogP contribution < -0.4 is 5.32 Å². The number of hydrogen-bond acceptors (Lipinski definition) is 2. The summed E-state index contributed by atoms with van der Waals surface area (Å²) in [7, 11) is 1.35. The molecule has 0 bridgehead atoms. The molecule has 3 aromatic carbocycles. The molecule has 3 rings (SSSR count). The second kappa shape index (κ2) is 9.31. The van der Waals surface area contributed by atoms with Crippen LogP contribution >= 0.6 is 30.1 Å². The Bertz CT molecular complexity index is 1150. The van der Waals surface area contributed by atoms with Gasteiger partial charge in [-0.2, -0.15) is 13.2 Å². The Kier molecular flexibility index (Phi) is 6.98. The molecule has 0 unspecified atom stereocenters. The van der Waals surface area contributed by atoms with E-state index >= 15 is 0 Å². The van der Waals surface area contributed by atoms with Crippen LogP contribution in [0.2, 0.25) is 0 Å². The summed E-state index contributed by atoms with van der Waals surface area (Å²) in [6.45, 7) is 3.77. The Balaban J connectivity index is 2.16. The fraction of sp³-hybridized carbons (Fsp3) is 0.174. The number of carbonyl (C=O) groups excluding carboxylic acids is 1. The van der Waals surface area contributed by atoms with Crippen LogP contribution in [0.5, 0.6) is 0 Å². The number of halogens is 4. The number of nitrogens with one attached hydrogen (secondary N) is 1. The topological polar surface area (TPSA) is 29.1 Å². The van der Waals surface area contributed by atoms with E-state index in [-0.39, 0.29) is 11.9 Å². The molecule has 1 amide bonds. The summed E-state index contributed by atoms with van der Waals surface area (Å²) >= 11 is 2.08. The van der Waals surface area contributed by atoms with E-state index in [4.69, 9.17) is 0 Å². The van der Waals surface area contributed by atoms with Crippen LogP contribution in [0, 0.1) is 11.2 Å². The first-order valence-corrected chi connectivity index (χ1v) is 12.4. The first kappa shape index (κ1) is 22.5. The Labute approximate surface area is 189 Å². The lowest BCUT2D eigenvalue weighted by Gasteiger charge is -2.13. The predicted octanol–water partition coefficient (Wildman–Crippen LogP) is 7.06. The van der Waals surface area contributed by atoms with Crippen LogP contribution in [0.3, 0.4) is 0 Å². The minimum atomic E-state index is -4.38. The monoisotopic (exact) mass is 539 g/mol. The first-order chi connectivity index (χ1) is 14.2. The summed E-state index contributed by atoms with van der Waals surface area (Å²) in [6.07, 6.45) is -4.38. The average molecular weight is 539 g/mol. The molecule has 0 aliphatic heterocycles. The van der Waals surface area contributed by atoms with E-state index in [1.165, 1.54) is 21.1 Å². The second-order valence-electron chi connectivity index (χ2n) is 6.93. The highest BCUT2D eigenvalue weighted by molar-refractivity contribution is 14.2. The van der Waals surface area contributed by atoms with Crippen molar-refractivity contribution in [2.24, 2.45) is 0 Å². The Hall–Kier alpha value is -2.18. The summed E-state index contributed by atoms with van der Waals surface area (Å²) < 4.78 is 38.7. The summed E-state index contributed by atoms with van der Waals surface area (Å²) in [5.41, 5.74) is 2.01. The number of rotatable bonds is 3. The van der Waals surface area contributed by atoms with Crippen molar-refractivity contribution in [3.63, 3.8) is 0 Å². The lowest BCUT2D eigenvalue weighted by atomic mass is 9.93. The zero-order chi connectivity index (χ0) is 21.9. The van der Waals surface area contributed by atoms with E-state index in [1.54, 1.807) is 12.1 Å². The molecule has 1 N–H and O–H groups in total. The standard InChI is InChI=1S/C23H17F3INOS/c1-14(2)28-22(29)17-6-10-20-19(9-5-16(11-12-30-27)21(20)13-17)15-3-7-18(8-4-15)23(24,25)26/h3-10,13-14H,1-2H3,(H,28,29). The van der Waals surface area contributed by atoms with Crippen molar-refractivity contribution in [2.75, 3.05) is 0 Å². The van der Waals surface area contributed by atoms with Crippen LogP contribution in [0.25, 0.3) is 21.9 Å². The third-order valence-electron chi connectivity index (χ3n) is 4.45. The van der Waals surface area contributed by atoms with Crippen LogP contribution in [0.1, 0.15) is 35.3 Å². The maximum atomic E-state index is 12.9. The van der Waals surface area contributed by atoms with E-state index in [0.717, 1.165) is 34.0 Å². The molecule has 154 valence electrons. The lowest BCUT2D eigenvalue weighted by molar-refractivity contribution is -0.137. The summed E-state index contributed by atoms with van der Waals surface area (Å²) in [5, 5.41) is 7.41. The van der Waals surface area contributed by atoms with Crippen molar-refractivity contribution in [2.45, 2.75) is 26.1 Å². The van der Waals surface area contributed by atoms with Crippen molar-refractivity contribution in [3.8, 4) is 22.3 Å². The molecule has 7 heteroatoms. The Morgan fingerprint density at radius 3 is 2.33 bits per heavy atom. The van der Waals surface area contributed by atoms with Gasteiger partial charge < -0.3 is 5.32 Å². The van der Waals surface area contributed by atoms with Gasteiger partial charge in [0.15, 0.2) is 0 Å². The van der Waals surface area contributed by atoms with Gasteiger partial charge in [-0.3, -0.25) is 4.79 Å². The largest absolute Gasteiger partial charge is 0.416 e. The number of benzene rings is 3. The summed E-state index contributed by atoms with van der Waals surface area (Å²) in [5.74, 6) is 2.89. The number of fused-ring (bicyclic) bond motifs is 1. The Morgan fingerprint density at radius 1 is 1.03 bits per heavy atom. The highest BCUT2D eigenvalue weighted by Crippen LogP contribution is 2.34. The molecule has 0 aromatic heterocycles. The number of alkyl halides is 3. The fourth-order valence-corrected chi connectivity index (χ4v) is 3.59. The normalized spacial score (nSPS) is 11.3. The molecule has 0 atom stereocenters. The van der Waals surface area contributed by atoms with Crippen molar-refractivity contribution >= 4 is 46.8 Å². The highest BCUT2D eigenvalue weighted by Gasteiger charge is 2.30. The maximum Gasteiger partial charge on any atom is 0.416 e. The van der Waals surface area contributed by atoms with Gasteiger partial charge in [0.05, 0.1) is 5.56 Å². The van der Waals surface area contributed by atoms with Crippen molar-refractivity contribution in [1.82, 2.24) is 5.32 Å². The molecular weight excluding hydrogens is 522 g/mol. The predicted molar refractivity (Wildman–Crippen MR) is 125 cm³/mol. The molecule has 0 heterocycles. The van der Waals surface area contributed by atoms with Crippen LogP contribution in [0.15, 0.2) is 54.6 Å². The molecule has 3 aromatic rings. The van der Waals surface area contributed by atoms with Gasteiger partial charge in [0.1, 0.15) is 0 Å². The van der Waals surface area contributed by atoms with E-state index in [1.807, 2.05) is 32.0 Å². The third-order valence-corrected chi connectivity index (χ3v) is 5.29. The van der Waals surface area contributed by atoms with Crippen LogP contribution in [-0.2, 0) is 6.18 Å². The second-order valence-corrected chi connectivity index (χ2v) is 8.61. The molecule has 0 aliphatic rings. The van der Waals surface area contributed by atoms with Crippen molar-refractivity contribution < 1.29 is 18.0 Å². The number of amides is 1. The highest BCUT2D eigenvalue weighted by atomic mass is 127. The van der Waals surface area contributed by atoms with Gasteiger partial charge in [-0.1, -0.05) is 30.2 Å². The molecule has 30 heavy (non-hydrogen) atoms. The number of carbonyl (C=O) groups is 1. The molecule has 2 nitrogen and oxygen atoms in total. The molecular formula is C23H17F3INOS. The fourth-order valence-electron chi connectivity index (χ4n) is 3.11. The molecule has 0 radical (unpaired) electrons.